The molecular weight excluding hydrogens is 480 g/mol. The third kappa shape index (κ3) is 7.58. The molecule has 0 aliphatic rings. The van der Waals surface area contributed by atoms with Crippen molar-refractivity contribution >= 4 is 35.5 Å². The van der Waals surface area contributed by atoms with E-state index < -0.39 is 35.8 Å². The molecule has 0 saturated heterocycles. The Bertz CT molecular complexity index is 1000. The maximum atomic E-state index is 13.0. The maximum Gasteiger partial charge on any atom is 0.326 e. The number of thioether (sulfide) groups is 1. The Balaban J connectivity index is 2.22. The van der Waals surface area contributed by atoms with E-state index >= 15 is 0 Å². The van der Waals surface area contributed by atoms with Crippen LogP contribution in [0.5, 0.6) is 0 Å². The van der Waals surface area contributed by atoms with E-state index in [1.54, 1.807) is 62.4 Å². The summed E-state index contributed by atoms with van der Waals surface area (Å²) in [5, 5.41) is 24.3. The van der Waals surface area contributed by atoms with Crippen molar-refractivity contribution in [2.24, 2.45) is 11.8 Å². The number of amides is 2. The van der Waals surface area contributed by atoms with Crippen LogP contribution in [0.2, 0.25) is 0 Å². The first-order valence-corrected chi connectivity index (χ1v) is 13.0. The van der Waals surface area contributed by atoms with E-state index in [1.165, 1.54) is 11.8 Å². The predicted octanol–water partition coefficient (Wildman–Crippen LogP) is 4.44. The number of hydrogen-bond donors (Lipinski definition) is 4. The summed E-state index contributed by atoms with van der Waals surface area (Å²) in [7, 11) is 0. The quantitative estimate of drug-likeness (QED) is 0.291. The molecule has 2 amide bonds. The zero-order chi connectivity index (χ0) is 26.8. The number of carbonyl (C=O) groups is 4. The van der Waals surface area contributed by atoms with Crippen LogP contribution in [0.15, 0.2) is 53.4 Å². The Morgan fingerprint density at radius 1 is 0.750 bits per heavy atom. The zero-order valence-electron chi connectivity index (χ0n) is 21.0. The molecule has 0 spiro atoms. The minimum Gasteiger partial charge on any atom is -0.480 e. The molecule has 194 valence electrons. The number of carboxylic acids is 2. The highest BCUT2D eigenvalue weighted by atomic mass is 32.2. The molecule has 0 bridgehead atoms. The highest BCUT2D eigenvalue weighted by molar-refractivity contribution is 7.98. The molecule has 2 aromatic carbocycles. The Morgan fingerprint density at radius 2 is 1.19 bits per heavy atom. The second-order valence-corrected chi connectivity index (χ2v) is 9.81. The van der Waals surface area contributed by atoms with Crippen molar-refractivity contribution in [2.45, 2.75) is 63.3 Å². The van der Waals surface area contributed by atoms with Gasteiger partial charge in [-0.2, -0.15) is 0 Å². The number of aliphatic carboxylic acids is 2. The molecule has 0 unspecified atom stereocenters. The van der Waals surface area contributed by atoms with E-state index in [2.05, 4.69) is 10.6 Å². The molecule has 4 atom stereocenters. The summed E-state index contributed by atoms with van der Waals surface area (Å²) in [4.78, 5) is 49.9. The van der Waals surface area contributed by atoms with Crippen LogP contribution in [0.3, 0.4) is 0 Å². The van der Waals surface area contributed by atoms with Crippen molar-refractivity contribution in [3.63, 3.8) is 0 Å². The van der Waals surface area contributed by atoms with Crippen molar-refractivity contribution in [1.82, 2.24) is 10.6 Å². The lowest BCUT2D eigenvalue weighted by molar-refractivity contribution is -0.141. The van der Waals surface area contributed by atoms with E-state index in [4.69, 9.17) is 0 Å². The van der Waals surface area contributed by atoms with Gasteiger partial charge in [0, 0.05) is 16.2 Å². The molecular formula is C27H34N2O6S. The summed E-state index contributed by atoms with van der Waals surface area (Å²) in [6, 6.07) is 11.8. The molecule has 2 rings (SSSR count). The molecule has 0 aliphatic carbocycles. The number of benzene rings is 2. The first kappa shape index (κ1) is 28.9. The van der Waals surface area contributed by atoms with E-state index in [-0.39, 0.29) is 11.8 Å². The average Bonchev–Trinajstić information content (AvgIpc) is 2.87. The van der Waals surface area contributed by atoms with Crippen molar-refractivity contribution in [3.05, 3.63) is 65.2 Å². The monoisotopic (exact) mass is 514 g/mol. The van der Waals surface area contributed by atoms with Crippen LogP contribution in [-0.2, 0) is 15.3 Å². The van der Waals surface area contributed by atoms with Gasteiger partial charge in [-0.05, 0) is 35.6 Å². The fourth-order valence-corrected chi connectivity index (χ4v) is 4.66. The summed E-state index contributed by atoms with van der Waals surface area (Å²) < 4.78 is 0. The van der Waals surface area contributed by atoms with E-state index in [1.807, 2.05) is 13.8 Å². The molecule has 4 N–H and O–H groups in total. The number of carboxylic acid groups (broad SMARTS) is 2. The van der Waals surface area contributed by atoms with Gasteiger partial charge in [-0.15, -0.1) is 11.8 Å². The van der Waals surface area contributed by atoms with Gasteiger partial charge in [0.15, 0.2) is 0 Å². The zero-order valence-corrected chi connectivity index (χ0v) is 21.8. The van der Waals surface area contributed by atoms with Gasteiger partial charge < -0.3 is 20.8 Å². The standard InChI is InChI=1S/C27H34N2O6S/c1-5-16(3)22(26(32)33)28-24(30)19-12-8-7-11-18(19)15-36-21-14-10-9-13-20(21)25(31)29-23(27(34)35)17(4)6-2/h7-14,16-17,22-23H,5-6,15H2,1-4H3,(H,28,30)(H,29,31)(H,32,33)(H,34,35)/t16-,17-,22-,23-/m0/s1. The Morgan fingerprint density at radius 3 is 1.69 bits per heavy atom. The molecule has 8 nitrogen and oxygen atoms in total. The average molecular weight is 515 g/mol. The van der Waals surface area contributed by atoms with Gasteiger partial charge in [0.05, 0.1) is 5.56 Å². The number of nitrogens with one attached hydrogen (secondary N) is 2. The van der Waals surface area contributed by atoms with Crippen LogP contribution in [0.25, 0.3) is 0 Å². The number of carbonyl (C=O) groups excluding carboxylic acids is 2. The molecule has 0 heterocycles. The first-order valence-electron chi connectivity index (χ1n) is 12.0. The van der Waals surface area contributed by atoms with Crippen LogP contribution < -0.4 is 10.6 Å². The molecule has 0 radical (unpaired) electrons. The van der Waals surface area contributed by atoms with Gasteiger partial charge in [0.25, 0.3) is 11.8 Å². The van der Waals surface area contributed by atoms with Gasteiger partial charge in [-0.3, -0.25) is 9.59 Å². The molecule has 0 saturated carbocycles. The third-order valence-electron chi connectivity index (χ3n) is 6.31. The van der Waals surface area contributed by atoms with E-state index in [9.17, 15) is 29.4 Å². The van der Waals surface area contributed by atoms with E-state index in [0.29, 0.717) is 40.2 Å². The predicted molar refractivity (Wildman–Crippen MR) is 139 cm³/mol. The van der Waals surface area contributed by atoms with Crippen molar-refractivity contribution < 1.29 is 29.4 Å². The second kappa shape index (κ2) is 13.7. The minimum absolute atomic E-state index is 0.233. The van der Waals surface area contributed by atoms with Gasteiger partial charge in [0.1, 0.15) is 12.1 Å². The van der Waals surface area contributed by atoms with Crippen LogP contribution >= 0.6 is 11.8 Å². The summed E-state index contributed by atoms with van der Waals surface area (Å²) >= 11 is 1.34. The van der Waals surface area contributed by atoms with Crippen molar-refractivity contribution in [3.8, 4) is 0 Å². The Kier molecular flexibility index (Phi) is 11.0. The SMILES string of the molecule is CC[C@H](C)[C@H](NC(=O)c1ccccc1CSc1ccccc1C(=O)N[C@H](C(=O)O)[C@@H](C)CC)C(=O)O. The molecule has 0 aliphatic heterocycles. The summed E-state index contributed by atoms with van der Waals surface area (Å²) in [6.07, 6.45) is 1.21. The third-order valence-corrected chi connectivity index (χ3v) is 7.43. The second-order valence-electron chi connectivity index (χ2n) is 8.79. The lowest BCUT2D eigenvalue weighted by Gasteiger charge is -2.21. The summed E-state index contributed by atoms with van der Waals surface area (Å²) in [5.41, 5.74) is 1.40. The van der Waals surface area contributed by atoms with Crippen LogP contribution in [-0.4, -0.2) is 46.0 Å². The van der Waals surface area contributed by atoms with E-state index in [0.717, 1.165) is 0 Å². The molecule has 9 heteroatoms. The minimum atomic E-state index is -1.08. The Hall–Kier alpha value is -3.33. The topological polar surface area (TPSA) is 133 Å². The first-order chi connectivity index (χ1) is 17.1. The van der Waals surface area contributed by atoms with Gasteiger partial charge in [0.2, 0.25) is 0 Å². The normalized spacial score (nSPS) is 14.2. The Labute approximate surface area is 215 Å². The lowest BCUT2D eigenvalue weighted by atomic mass is 9.98. The number of hydrogen-bond acceptors (Lipinski definition) is 5. The molecule has 0 aromatic heterocycles. The number of rotatable bonds is 13. The smallest absolute Gasteiger partial charge is 0.326 e. The maximum absolute atomic E-state index is 13.0. The highest BCUT2D eigenvalue weighted by Gasteiger charge is 2.28. The highest BCUT2D eigenvalue weighted by Crippen LogP contribution is 2.28. The van der Waals surface area contributed by atoms with Gasteiger partial charge in [-0.1, -0.05) is 70.9 Å². The van der Waals surface area contributed by atoms with Crippen LogP contribution in [0, 0.1) is 11.8 Å². The fourth-order valence-electron chi connectivity index (χ4n) is 3.61. The molecule has 2 aromatic rings. The van der Waals surface area contributed by atoms with Crippen LogP contribution in [0.1, 0.15) is 66.8 Å². The van der Waals surface area contributed by atoms with Gasteiger partial charge >= 0.3 is 11.9 Å². The fraction of sp³-hybridized carbons (Fsp3) is 0.407. The summed E-state index contributed by atoms with van der Waals surface area (Å²) in [5.74, 6) is -3.23. The van der Waals surface area contributed by atoms with Crippen LogP contribution in [0.4, 0.5) is 0 Å². The van der Waals surface area contributed by atoms with Crippen molar-refractivity contribution in [1.29, 1.82) is 0 Å². The molecule has 36 heavy (non-hydrogen) atoms. The van der Waals surface area contributed by atoms with Crippen molar-refractivity contribution in [2.75, 3.05) is 0 Å². The van der Waals surface area contributed by atoms with Gasteiger partial charge in [-0.25, -0.2) is 9.59 Å². The largest absolute Gasteiger partial charge is 0.480 e. The molecule has 0 fully saturated rings. The lowest BCUT2D eigenvalue weighted by Crippen LogP contribution is -2.45. The summed E-state index contributed by atoms with van der Waals surface area (Å²) in [6.45, 7) is 7.29.